The van der Waals surface area contributed by atoms with Crippen molar-refractivity contribution in [3.8, 4) is 0 Å². The molecule has 0 bridgehead atoms. The third-order valence-corrected chi connectivity index (χ3v) is 5.17. The van der Waals surface area contributed by atoms with Crippen molar-refractivity contribution in [3.05, 3.63) is 65.7 Å². The van der Waals surface area contributed by atoms with E-state index in [2.05, 4.69) is 10.3 Å². The molecule has 1 atom stereocenters. The van der Waals surface area contributed by atoms with Gasteiger partial charge in [-0.25, -0.2) is 13.8 Å². The van der Waals surface area contributed by atoms with Crippen LogP contribution in [0.15, 0.2) is 53.5 Å². The quantitative estimate of drug-likeness (QED) is 0.873. The largest absolute Gasteiger partial charge is 0.358 e. The van der Waals surface area contributed by atoms with Crippen LogP contribution < -0.4 is 5.32 Å². The van der Waals surface area contributed by atoms with Crippen LogP contribution in [0.2, 0.25) is 0 Å². The van der Waals surface area contributed by atoms with Gasteiger partial charge in [-0.2, -0.15) is 0 Å². The van der Waals surface area contributed by atoms with Crippen molar-refractivity contribution < 1.29 is 18.4 Å². The number of carbonyl (C=O) groups excluding carboxylic acids is 2. The summed E-state index contributed by atoms with van der Waals surface area (Å²) in [6.45, 7) is 0.201. The first-order chi connectivity index (χ1) is 13.0. The minimum Gasteiger partial charge on any atom is -0.358 e. The fourth-order valence-corrected chi connectivity index (χ4v) is 3.71. The molecule has 0 aromatic heterocycles. The Labute approximate surface area is 159 Å². The summed E-state index contributed by atoms with van der Waals surface area (Å²) in [5, 5.41) is 2.29. The van der Waals surface area contributed by atoms with E-state index in [1.807, 2.05) is 0 Å². The lowest BCUT2D eigenvalue weighted by Gasteiger charge is -2.31. The predicted octanol–water partition coefficient (Wildman–Crippen LogP) is 3.23. The van der Waals surface area contributed by atoms with Crippen LogP contribution in [0, 0.1) is 11.6 Å². The van der Waals surface area contributed by atoms with Gasteiger partial charge in [-0.1, -0.05) is 23.9 Å². The lowest BCUT2D eigenvalue weighted by atomic mass is 10.2. The first-order valence-electron chi connectivity index (χ1n) is 8.23. The fraction of sp³-hybridized carbons (Fsp3) is 0.211. The Bertz CT molecular complexity index is 870. The number of nitrogens with one attached hydrogen (secondary N) is 1. The molecular weight excluding hydrogens is 372 g/mol. The summed E-state index contributed by atoms with van der Waals surface area (Å²) in [5.41, 5.74) is 1.20. The number of amidine groups is 1. The number of amides is 2. The van der Waals surface area contributed by atoms with Gasteiger partial charge in [-0.05, 0) is 42.0 Å². The van der Waals surface area contributed by atoms with Crippen LogP contribution in [0.1, 0.15) is 12.0 Å². The molecule has 1 saturated heterocycles. The van der Waals surface area contributed by atoms with Gasteiger partial charge in [-0.15, -0.1) is 0 Å². The molecule has 0 radical (unpaired) electrons. The first kappa shape index (κ1) is 19.0. The summed E-state index contributed by atoms with van der Waals surface area (Å²) in [5.74, 6) is -1.27. The summed E-state index contributed by atoms with van der Waals surface area (Å²) in [4.78, 5) is 30.6. The number of rotatable bonds is 4. The van der Waals surface area contributed by atoms with Crippen LogP contribution in [0.25, 0.3) is 0 Å². The van der Waals surface area contributed by atoms with Crippen molar-refractivity contribution in [2.75, 3.05) is 7.05 Å². The van der Waals surface area contributed by atoms with E-state index in [9.17, 15) is 18.4 Å². The van der Waals surface area contributed by atoms with Gasteiger partial charge in [0.25, 0.3) is 0 Å². The molecule has 140 valence electrons. The molecule has 1 aliphatic rings. The number of thioether (sulfide) groups is 1. The normalized spacial score (nSPS) is 18.6. The molecule has 1 N–H and O–H groups in total. The molecule has 1 aliphatic heterocycles. The highest BCUT2D eigenvalue weighted by Gasteiger charge is 2.35. The van der Waals surface area contributed by atoms with Gasteiger partial charge >= 0.3 is 0 Å². The van der Waals surface area contributed by atoms with Crippen molar-refractivity contribution in [3.63, 3.8) is 0 Å². The van der Waals surface area contributed by atoms with Gasteiger partial charge in [0.15, 0.2) is 5.17 Å². The van der Waals surface area contributed by atoms with Crippen LogP contribution in [0.5, 0.6) is 0 Å². The maximum Gasteiger partial charge on any atom is 0.233 e. The molecule has 2 aromatic carbocycles. The highest BCUT2D eigenvalue weighted by molar-refractivity contribution is 8.15. The molecule has 2 amide bonds. The second-order valence-corrected chi connectivity index (χ2v) is 7.07. The van der Waals surface area contributed by atoms with Crippen LogP contribution >= 0.6 is 11.8 Å². The van der Waals surface area contributed by atoms with E-state index in [4.69, 9.17) is 0 Å². The van der Waals surface area contributed by atoms with E-state index in [-0.39, 0.29) is 30.6 Å². The van der Waals surface area contributed by atoms with Gasteiger partial charge in [0.1, 0.15) is 11.6 Å². The van der Waals surface area contributed by atoms with E-state index in [0.29, 0.717) is 10.9 Å². The Balaban J connectivity index is 1.92. The molecule has 27 heavy (non-hydrogen) atoms. The summed E-state index contributed by atoms with van der Waals surface area (Å²) >= 11 is 1.17. The summed E-state index contributed by atoms with van der Waals surface area (Å²) in [7, 11) is 1.51. The highest BCUT2D eigenvalue weighted by atomic mass is 32.2. The maximum atomic E-state index is 13.1. The summed E-state index contributed by atoms with van der Waals surface area (Å²) < 4.78 is 26.3. The third kappa shape index (κ3) is 4.71. The van der Waals surface area contributed by atoms with E-state index in [0.717, 1.165) is 5.56 Å². The molecule has 1 fully saturated rings. The number of halogens is 2. The topological polar surface area (TPSA) is 61.8 Å². The maximum absolute atomic E-state index is 13.1. The predicted molar refractivity (Wildman–Crippen MR) is 101 cm³/mol. The van der Waals surface area contributed by atoms with Crippen LogP contribution in [0.4, 0.5) is 14.5 Å². The second kappa shape index (κ2) is 8.30. The lowest BCUT2D eigenvalue weighted by Crippen LogP contribution is -2.45. The molecule has 8 heteroatoms. The molecular formula is C19H17F2N3O2S. The third-order valence-electron chi connectivity index (χ3n) is 3.98. The Morgan fingerprint density at radius 1 is 1.15 bits per heavy atom. The number of hydrogen-bond donors (Lipinski definition) is 1. The lowest BCUT2D eigenvalue weighted by molar-refractivity contribution is -0.130. The zero-order valence-electron chi connectivity index (χ0n) is 14.5. The number of hydrogen-bond acceptors (Lipinski definition) is 4. The second-order valence-electron chi connectivity index (χ2n) is 5.90. The summed E-state index contributed by atoms with van der Waals surface area (Å²) in [6.07, 6.45) is 0.0357. The number of benzene rings is 2. The van der Waals surface area contributed by atoms with Crippen molar-refractivity contribution >= 4 is 34.4 Å². The zero-order valence-corrected chi connectivity index (χ0v) is 15.3. The van der Waals surface area contributed by atoms with Gasteiger partial charge in [0.2, 0.25) is 11.8 Å². The molecule has 0 saturated carbocycles. The van der Waals surface area contributed by atoms with Crippen LogP contribution in [0.3, 0.4) is 0 Å². The molecule has 0 spiro atoms. The Hall–Kier alpha value is -2.74. The van der Waals surface area contributed by atoms with Crippen molar-refractivity contribution in [2.45, 2.75) is 18.2 Å². The number of aliphatic imine (C=N–C) groups is 1. The Morgan fingerprint density at radius 2 is 1.74 bits per heavy atom. The minimum absolute atomic E-state index is 0.0357. The van der Waals surface area contributed by atoms with Crippen LogP contribution in [-0.2, 0) is 16.1 Å². The van der Waals surface area contributed by atoms with E-state index >= 15 is 0 Å². The SMILES string of the molecule is CNC(=O)[C@H]1CC(=O)N(Cc2ccc(F)cc2)C(=Nc2ccc(F)cc2)S1. The minimum atomic E-state index is -0.592. The smallest absolute Gasteiger partial charge is 0.233 e. The monoisotopic (exact) mass is 389 g/mol. The fourth-order valence-electron chi connectivity index (χ4n) is 2.56. The van der Waals surface area contributed by atoms with Gasteiger partial charge in [-0.3, -0.25) is 14.5 Å². The average Bonchev–Trinajstić information content (AvgIpc) is 2.67. The van der Waals surface area contributed by atoms with Gasteiger partial charge in [0.05, 0.1) is 17.5 Å². The number of carbonyl (C=O) groups is 2. The average molecular weight is 389 g/mol. The van der Waals surface area contributed by atoms with E-state index in [1.54, 1.807) is 12.1 Å². The molecule has 1 heterocycles. The molecule has 0 unspecified atom stereocenters. The Morgan fingerprint density at radius 3 is 2.33 bits per heavy atom. The van der Waals surface area contributed by atoms with Gasteiger partial charge in [0, 0.05) is 13.5 Å². The standard InChI is InChI=1S/C19H17F2N3O2S/c1-22-18(26)16-10-17(25)24(11-12-2-4-13(20)5-3-12)19(27-16)23-15-8-6-14(21)7-9-15/h2-9,16H,10-11H2,1H3,(H,22,26)/t16-/m1/s1. The number of nitrogens with zero attached hydrogens (tertiary/aromatic N) is 2. The first-order valence-corrected chi connectivity index (χ1v) is 9.11. The molecule has 3 rings (SSSR count). The van der Waals surface area contributed by atoms with Crippen molar-refractivity contribution in [1.29, 1.82) is 0 Å². The van der Waals surface area contributed by atoms with E-state index < -0.39 is 11.1 Å². The van der Waals surface area contributed by atoms with Crippen LogP contribution in [-0.4, -0.2) is 34.2 Å². The molecule has 0 aliphatic carbocycles. The van der Waals surface area contributed by atoms with Crippen molar-refractivity contribution in [1.82, 2.24) is 10.2 Å². The van der Waals surface area contributed by atoms with E-state index in [1.165, 1.54) is 60.1 Å². The highest BCUT2D eigenvalue weighted by Crippen LogP contribution is 2.30. The zero-order chi connectivity index (χ0) is 19.4. The summed E-state index contributed by atoms with van der Waals surface area (Å²) in [6, 6.07) is 11.4. The molecule has 5 nitrogen and oxygen atoms in total. The van der Waals surface area contributed by atoms with Crippen molar-refractivity contribution in [2.24, 2.45) is 4.99 Å². The van der Waals surface area contributed by atoms with Gasteiger partial charge < -0.3 is 5.32 Å². The Kier molecular flexibility index (Phi) is 5.85. The molecule has 2 aromatic rings.